The number of rotatable bonds is 5. The largest absolute Gasteiger partial charge is 0.497 e. The molecule has 0 atom stereocenters. The molecule has 3 amide bonds. The number of primary amides is 1. The van der Waals surface area contributed by atoms with Gasteiger partial charge in [-0.1, -0.05) is 12.1 Å². The number of hydrogen-bond donors (Lipinski definition) is 3. The van der Waals surface area contributed by atoms with Crippen molar-refractivity contribution < 1.29 is 19.1 Å². The van der Waals surface area contributed by atoms with Gasteiger partial charge in [0.2, 0.25) is 0 Å². The second-order valence-corrected chi connectivity index (χ2v) is 4.88. The lowest BCUT2D eigenvalue weighted by atomic mass is 10.2. The number of ether oxygens (including phenoxy) is 1. The van der Waals surface area contributed by atoms with E-state index in [0.717, 1.165) is 5.56 Å². The average Bonchev–Trinajstić information content (AvgIpc) is 2.93. The zero-order valence-electron chi connectivity index (χ0n) is 13.2. The number of benzene rings is 1. The van der Waals surface area contributed by atoms with Gasteiger partial charge in [-0.15, -0.1) is 0 Å². The Labute approximate surface area is 137 Å². The normalized spacial score (nSPS) is 10.1. The van der Waals surface area contributed by atoms with Gasteiger partial charge in [-0.2, -0.15) is 5.10 Å². The van der Waals surface area contributed by atoms with E-state index in [1.807, 2.05) is 0 Å². The van der Waals surface area contributed by atoms with Crippen molar-refractivity contribution in [3.63, 3.8) is 0 Å². The van der Waals surface area contributed by atoms with Crippen LogP contribution in [0.4, 0.5) is 5.69 Å². The van der Waals surface area contributed by atoms with Crippen LogP contribution in [0, 0.1) is 0 Å². The summed E-state index contributed by atoms with van der Waals surface area (Å²) in [6.45, 7) is 0.173. The van der Waals surface area contributed by atoms with E-state index < -0.39 is 17.7 Å². The molecule has 0 fully saturated rings. The number of nitrogens with zero attached hydrogens (tertiary/aromatic N) is 2. The van der Waals surface area contributed by atoms with Gasteiger partial charge >= 0.3 is 11.8 Å². The first-order chi connectivity index (χ1) is 11.4. The summed E-state index contributed by atoms with van der Waals surface area (Å²) in [5, 5.41) is 8.61. The molecule has 1 aromatic heterocycles. The van der Waals surface area contributed by atoms with Gasteiger partial charge in [0.25, 0.3) is 5.91 Å². The molecule has 126 valence electrons. The number of carbonyl (C=O) groups is 3. The summed E-state index contributed by atoms with van der Waals surface area (Å²) in [5.41, 5.74) is 6.09. The highest BCUT2D eigenvalue weighted by molar-refractivity contribution is 6.39. The molecule has 2 aromatic rings. The first-order valence-electron chi connectivity index (χ1n) is 6.96. The SMILES string of the molecule is COc1ccc(CNC(=O)C(=O)Nc2cnn(C)c2C(N)=O)cc1. The molecule has 0 spiro atoms. The number of methoxy groups -OCH3 is 1. The minimum atomic E-state index is -0.918. The molecular weight excluding hydrogens is 314 g/mol. The number of nitrogens with two attached hydrogens (primary N) is 1. The molecule has 0 saturated heterocycles. The van der Waals surface area contributed by atoms with Crippen molar-refractivity contribution in [3.8, 4) is 5.75 Å². The number of nitrogens with one attached hydrogen (secondary N) is 2. The van der Waals surface area contributed by atoms with E-state index in [0.29, 0.717) is 5.75 Å². The van der Waals surface area contributed by atoms with Gasteiger partial charge in [0.05, 0.1) is 19.0 Å². The zero-order valence-corrected chi connectivity index (χ0v) is 13.2. The Bertz CT molecular complexity index is 767. The summed E-state index contributed by atoms with van der Waals surface area (Å²) < 4.78 is 6.25. The second-order valence-electron chi connectivity index (χ2n) is 4.88. The summed E-state index contributed by atoms with van der Waals surface area (Å²) in [6.07, 6.45) is 1.24. The Kier molecular flexibility index (Phi) is 5.15. The van der Waals surface area contributed by atoms with Gasteiger partial charge in [-0.05, 0) is 17.7 Å². The molecule has 9 nitrogen and oxygen atoms in total. The zero-order chi connectivity index (χ0) is 17.7. The highest BCUT2D eigenvalue weighted by Gasteiger charge is 2.19. The maximum Gasteiger partial charge on any atom is 0.313 e. The first-order valence-corrected chi connectivity index (χ1v) is 6.96. The molecule has 0 aliphatic carbocycles. The standard InChI is InChI=1S/C15H17N5O4/c1-20-12(13(16)21)11(8-18-20)19-15(23)14(22)17-7-9-3-5-10(24-2)6-4-9/h3-6,8H,7H2,1-2H3,(H2,16,21)(H,17,22)(H,19,23). The van der Waals surface area contributed by atoms with Crippen LogP contribution in [0.2, 0.25) is 0 Å². The highest BCUT2D eigenvalue weighted by atomic mass is 16.5. The van der Waals surface area contributed by atoms with Crippen molar-refractivity contribution in [1.29, 1.82) is 0 Å². The van der Waals surface area contributed by atoms with Crippen LogP contribution in [0.3, 0.4) is 0 Å². The van der Waals surface area contributed by atoms with E-state index in [1.54, 1.807) is 31.4 Å². The fraction of sp³-hybridized carbons (Fsp3) is 0.200. The van der Waals surface area contributed by atoms with Crippen LogP contribution >= 0.6 is 0 Å². The van der Waals surface area contributed by atoms with Crippen molar-refractivity contribution in [3.05, 3.63) is 41.7 Å². The van der Waals surface area contributed by atoms with Crippen LogP contribution in [0.25, 0.3) is 0 Å². The Hall–Kier alpha value is -3.36. The minimum Gasteiger partial charge on any atom is -0.497 e. The summed E-state index contributed by atoms with van der Waals surface area (Å²) in [5.74, 6) is -1.83. The molecular formula is C15H17N5O4. The summed E-state index contributed by atoms with van der Waals surface area (Å²) in [4.78, 5) is 35.0. The average molecular weight is 331 g/mol. The lowest BCUT2D eigenvalue weighted by molar-refractivity contribution is -0.136. The van der Waals surface area contributed by atoms with Crippen LogP contribution in [-0.4, -0.2) is 34.6 Å². The maximum absolute atomic E-state index is 11.9. The fourth-order valence-electron chi connectivity index (χ4n) is 2.01. The number of hydrogen-bond acceptors (Lipinski definition) is 5. The monoisotopic (exact) mass is 331 g/mol. The Morgan fingerprint density at radius 2 is 1.88 bits per heavy atom. The Morgan fingerprint density at radius 1 is 1.21 bits per heavy atom. The van der Waals surface area contributed by atoms with E-state index in [1.165, 1.54) is 17.9 Å². The first kappa shape index (κ1) is 17.0. The molecule has 0 bridgehead atoms. The number of carbonyl (C=O) groups excluding carboxylic acids is 3. The molecule has 0 aliphatic rings. The number of aromatic nitrogens is 2. The number of amides is 3. The van der Waals surface area contributed by atoms with Crippen molar-refractivity contribution in [1.82, 2.24) is 15.1 Å². The van der Waals surface area contributed by atoms with Crippen molar-refractivity contribution in [2.75, 3.05) is 12.4 Å². The number of anilines is 1. The second kappa shape index (κ2) is 7.27. The molecule has 2 rings (SSSR count). The van der Waals surface area contributed by atoms with Gasteiger partial charge < -0.3 is 21.1 Å². The van der Waals surface area contributed by atoms with Gasteiger partial charge in [-0.25, -0.2) is 0 Å². The fourth-order valence-corrected chi connectivity index (χ4v) is 2.01. The molecule has 0 saturated carbocycles. The Morgan fingerprint density at radius 3 is 2.46 bits per heavy atom. The third-order valence-corrected chi connectivity index (χ3v) is 3.24. The molecule has 1 heterocycles. The third kappa shape index (κ3) is 3.88. The summed E-state index contributed by atoms with van der Waals surface area (Å²) in [6, 6.07) is 7.03. The minimum absolute atomic E-state index is 0.00584. The van der Waals surface area contributed by atoms with Gasteiger partial charge in [0.15, 0.2) is 0 Å². The topological polar surface area (TPSA) is 128 Å². The number of aryl methyl sites for hydroxylation is 1. The predicted molar refractivity (Wildman–Crippen MR) is 85.2 cm³/mol. The van der Waals surface area contributed by atoms with Crippen LogP contribution in [0.1, 0.15) is 16.1 Å². The van der Waals surface area contributed by atoms with Crippen LogP contribution in [0.15, 0.2) is 30.5 Å². The quantitative estimate of drug-likeness (QED) is 0.653. The van der Waals surface area contributed by atoms with Crippen LogP contribution < -0.4 is 21.1 Å². The maximum atomic E-state index is 11.9. The lowest BCUT2D eigenvalue weighted by Crippen LogP contribution is -2.35. The van der Waals surface area contributed by atoms with Crippen LogP contribution in [0.5, 0.6) is 5.75 Å². The van der Waals surface area contributed by atoms with Crippen molar-refractivity contribution >= 4 is 23.4 Å². The molecule has 0 aliphatic heterocycles. The summed E-state index contributed by atoms with van der Waals surface area (Å²) in [7, 11) is 3.05. The van der Waals surface area contributed by atoms with Gasteiger partial charge in [0, 0.05) is 13.6 Å². The summed E-state index contributed by atoms with van der Waals surface area (Å²) >= 11 is 0. The molecule has 9 heteroatoms. The molecule has 0 unspecified atom stereocenters. The lowest BCUT2D eigenvalue weighted by Gasteiger charge is -2.07. The molecule has 0 radical (unpaired) electrons. The highest BCUT2D eigenvalue weighted by Crippen LogP contribution is 2.13. The van der Waals surface area contributed by atoms with E-state index in [9.17, 15) is 14.4 Å². The molecule has 24 heavy (non-hydrogen) atoms. The molecule has 4 N–H and O–H groups in total. The van der Waals surface area contributed by atoms with E-state index in [4.69, 9.17) is 10.5 Å². The smallest absolute Gasteiger partial charge is 0.313 e. The van der Waals surface area contributed by atoms with Crippen LogP contribution in [-0.2, 0) is 23.2 Å². The van der Waals surface area contributed by atoms with E-state index in [2.05, 4.69) is 15.7 Å². The van der Waals surface area contributed by atoms with Gasteiger partial charge in [-0.3, -0.25) is 19.1 Å². The molecule has 1 aromatic carbocycles. The predicted octanol–water partition coefficient (Wildman–Crippen LogP) is -0.218. The Balaban J connectivity index is 1.95. The van der Waals surface area contributed by atoms with Crippen molar-refractivity contribution in [2.45, 2.75) is 6.54 Å². The third-order valence-electron chi connectivity index (χ3n) is 3.24. The van der Waals surface area contributed by atoms with E-state index >= 15 is 0 Å². The van der Waals surface area contributed by atoms with E-state index in [-0.39, 0.29) is 17.9 Å². The van der Waals surface area contributed by atoms with Gasteiger partial charge in [0.1, 0.15) is 11.4 Å². The van der Waals surface area contributed by atoms with Crippen molar-refractivity contribution in [2.24, 2.45) is 12.8 Å².